The van der Waals surface area contributed by atoms with E-state index in [0.29, 0.717) is 17.4 Å². The number of rotatable bonds is 4. The summed E-state index contributed by atoms with van der Waals surface area (Å²) in [6.07, 6.45) is 0.0909. The van der Waals surface area contributed by atoms with Crippen LogP contribution in [0.15, 0.2) is 12.1 Å². The van der Waals surface area contributed by atoms with E-state index in [2.05, 4.69) is 0 Å². The lowest BCUT2D eigenvalue weighted by molar-refractivity contribution is -0.385. The highest BCUT2D eigenvalue weighted by Gasteiger charge is 2.16. The predicted molar refractivity (Wildman–Crippen MR) is 54.6 cm³/mol. The summed E-state index contributed by atoms with van der Waals surface area (Å²) >= 11 is 0. The first kappa shape index (κ1) is 11.8. The van der Waals surface area contributed by atoms with Gasteiger partial charge in [-0.25, -0.2) is 0 Å². The average Bonchev–Trinajstić information content (AvgIpc) is 2.19. The zero-order chi connectivity index (χ0) is 12.3. The molecule has 1 rings (SSSR count). The van der Waals surface area contributed by atoms with E-state index in [1.165, 1.54) is 12.1 Å². The minimum Gasteiger partial charge on any atom is -0.481 e. The third kappa shape index (κ3) is 2.41. The van der Waals surface area contributed by atoms with Gasteiger partial charge in [0.1, 0.15) is 0 Å². The fraction of sp³-hybridized carbons (Fsp3) is 0.200. The second kappa shape index (κ2) is 4.52. The van der Waals surface area contributed by atoms with Crippen molar-refractivity contribution in [2.75, 3.05) is 0 Å². The van der Waals surface area contributed by atoms with Crippen molar-refractivity contribution < 1.29 is 19.6 Å². The summed E-state index contributed by atoms with van der Waals surface area (Å²) in [5, 5.41) is 19.2. The number of benzene rings is 1. The van der Waals surface area contributed by atoms with Gasteiger partial charge in [-0.05, 0) is 24.1 Å². The molecule has 0 saturated carbocycles. The van der Waals surface area contributed by atoms with Gasteiger partial charge in [-0.15, -0.1) is 0 Å². The first-order chi connectivity index (χ1) is 7.45. The third-order valence-electron chi connectivity index (χ3n) is 2.15. The Bertz CT molecular complexity index is 467. The molecule has 6 heteroatoms. The number of nitro benzene ring substituents is 1. The van der Waals surface area contributed by atoms with Gasteiger partial charge in [-0.3, -0.25) is 19.7 Å². The number of carbonyl (C=O) groups excluding carboxylic acids is 1. The van der Waals surface area contributed by atoms with Crippen LogP contribution in [0, 0.1) is 17.0 Å². The van der Waals surface area contributed by atoms with Gasteiger partial charge >= 0.3 is 5.97 Å². The standard InChI is InChI=1S/C10H9NO5/c1-6-2-9(11(15)16)8(5-12)3-7(6)4-10(13)14/h2-3,5H,4H2,1H3,(H,13,14). The topological polar surface area (TPSA) is 97.5 Å². The lowest BCUT2D eigenvalue weighted by Gasteiger charge is -2.04. The van der Waals surface area contributed by atoms with Gasteiger partial charge in [0, 0.05) is 6.07 Å². The summed E-state index contributed by atoms with van der Waals surface area (Å²) in [6.45, 7) is 1.57. The first-order valence-electron chi connectivity index (χ1n) is 4.40. The maximum Gasteiger partial charge on any atom is 0.307 e. The number of aldehydes is 1. The highest BCUT2D eigenvalue weighted by atomic mass is 16.6. The van der Waals surface area contributed by atoms with Crippen LogP contribution >= 0.6 is 0 Å². The lowest BCUT2D eigenvalue weighted by Crippen LogP contribution is -2.04. The van der Waals surface area contributed by atoms with Gasteiger partial charge in [0.2, 0.25) is 0 Å². The quantitative estimate of drug-likeness (QED) is 0.472. The molecule has 0 fully saturated rings. The monoisotopic (exact) mass is 223 g/mol. The van der Waals surface area contributed by atoms with E-state index in [4.69, 9.17) is 5.11 Å². The van der Waals surface area contributed by atoms with Crippen molar-refractivity contribution in [2.24, 2.45) is 0 Å². The SMILES string of the molecule is Cc1cc([N+](=O)[O-])c(C=O)cc1CC(=O)O. The molecular formula is C10H9NO5. The van der Waals surface area contributed by atoms with E-state index in [1.54, 1.807) is 6.92 Å². The number of aryl methyl sites for hydroxylation is 1. The molecule has 0 aliphatic heterocycles. The molecule has 0 unspecified atom stereocenters. The first-order valence-corrected chi connectivity index (χ1v) is 4.40. The molecule has 0 aliphatic carbocycles. The molecule has 1 aromatic rings. The van der Waals surface area contributed by atoms with Crippen LogP contribution in [0.4, 0.5) is 5.69 Å². The molecule has 0 aromatic heterocycles. The number of aliphatic carboxylic acids is 1. The normalized spacial score (nSPS) is 9.81. The summed E-state index contributed by atoms with van der Waals surface area (Å²) in [6, 6.07) is 2.45. The van der Waals surface area contributed by atoms with Crippen LogP contribution in [0.5, 0.6) is 0 Å². The Morgan fingerprint density at radius 1 is 1.56 bits per heavy atom. The van der Waals surface area contributed by atoms with Gasteiger partial charge in [-0.1, -0.05) is 0 Å². The number of nitrogens with zero attached hydrogens (tertiary/aromatic N) is 1. The van der Waals surface area contributed by atoms with Crippen molar-refractivity contribution in [1.82, 2.24) is 0 Å². The molecule has 1 aromatic carbocycles. The molecule has 16 heavy (non-hydrogen) atoms. The van der Waals surface area contributed by atoms with E-state index in [0.717, 1.165) is 0 Å². The summed E-state index contributed by atoms with van der Waals surface area (Å²) < 4.78 is 0. The zero-order valence-electron chi connectivity index (χ0n) is 8.47. The van der Waals surface area contributed by atoms with Gasteiger partial charge in [0.15, 0.2) is 6.29 Å². The van der Waals surface area contributed by atoms with Gasteiger partial charge in [-0.2, -0.15) is 0 Å². The summed E-state index contributed by atoms with van der Waals surface area (Å²) in [4.78, 5) is 31.1. The molecule has 0 spiro atoms. The average molecular weight is 223 g/mol. The molecule has 0 heterocycles. The van der Waals surface area contributed by atoms with Crippen molar-refractivity contribution in [3.8, 4) is 0 Å². The Kier molecular flexibility index (Phi) is 3.34. The van der Waals surface area contributed by atoms with Crippen LogP contribution in [0.2, 0.25) is 0 Å². The van der Waals surface area contributed by atoms with E-state index in [-0.39, 0.29) is 17.7 Å². The molecule has 0 amide bonds. The third-order valence-corrected chi connectivity index (χ3v) is 2.15. The fourth-order valence-electron chi connectivity index (χ4n) is 1.36. The summed E-state index contributed by atoms with van der Waals surface area (Å²) in [7, 11) is 0. The Morgan fingerprint density at radius 3 is 2.62 bits per heavy atom. The highest BCUT2D eigenvalue weighted by molar-refractivity contribution is 5.83. The molecule has 0 atom stereocenters. The van der Waals surface area contributed by atoms with Crippen molar-refractivity contribution >= 4 is 17.9 Å². The number of nitro groups is 1. The molecule has 6 nitrogen and oxygen atoms in total. The fourth-order valence-corrected chi connectivity index (χ4v) is 1.36. The molecular weight excluding hydrogens is 214 g/mol. The van der Waals surface area contributed by atoms with Crippen molar-refractivity contribution in [1.29, 1.82) is 0 Å². The molecule has 0 saturated heterocycles. The van der Waals surface area contributed by atoms with Crippen molar-refractivity contribution in [3.05, 3.63) is 38.9 Å². The molecule has 0 radical (unpaired) electrons. The van der Waals surface area contributed by atoms with E-state index < -0.39 is 10.9 Å². The maximum absolute atomic E-state index is 10.6. The number of carbonyl (C=O) groups is 2. The number of hydrogen-bond acceptors (Lipinski definition) is 4. The van der Waals surface area contributed by atoms with Crippen molar-refractivity contribution in [3.63, 3.8) is 0 Å². The van der Waals surface area contributed by atoms with E-state index in [1.807, 2.05) is 0 Å². The summed E-state index contributed by atoms with van der Waals surface area (Å²) in [5.41, 5.74) is 0.480. The van der Waals surface area contributed by atoms with E-state index >= 15 is 0 Å². The molecule has 84 valence electrons. The van der Waals surface area contributed by atoms with Crippen LogP contribution in [0.25, 0.3) is 0 Å². The minimum absolute atomic E-state index is 0.105. The van der Waals surface area contributed by atoms with Crippen LogP contribution in [-0.4, -0.2) is 22.3 Å². The zero-order valence-corrected chi connectivity index (χ0v) is 8.47. The number of carboxylic acid groups (broad SMARTS) is 1. The highest BCUT2D eigenvalue weighted by Crippen LogP contribution is 2.22. The van der Waals surface area contributed by atoms with Gasteiger partial charge < -0.3 is 5.11 Å². The van der Waals surface area contributed by atoms with Crippen LogP contribution in [0.3, 0.4) is 0 Å². The molecule has 1 N–H and O–H groups in total. The second-order valence-corrected chi connectivity index (χ2v) is 3.28. The smallest absolute Gasteiger partial charge is 0.307 e. The predicted octanol–water partition coefficient (Wildman–Crippen LogP) is 1.34. The second-order valence-electron chi connectivity index (χ2n) is 3.28. The summed E-state index contributed by atoms with van der Waals surface area (Å²) in [5.74, 6) is -1.05. The largest absolute Gasteiger partial charge is 0.481 e. The molecule has 0 bridgehead atoms. The van der Waals surface area contributed by atoms with Gasteiger partial charge in [0.25, 0.3) is 5.69 Å². The van der Waals surface area contributed by atoms with Crippen molar-refractivity contribution in [2.45, 2.75) is 13.3 Å². The molecule has 0 aliphatic rings. The van der Waals surface area contributed by atoms with Gasteiger partial charge in [0.05, 0.1) is 16.9 Å². The van der Waals surface area contributed by atoms with Crippen LogP contribution < -0.4 is 0 Å². The lowest BCUT2D eigenvalue weighted by atomic mass is 10.0. The number of hydrogen-bond donors (Lipinski definition) is 1. The Morgan fingerprint density at radius 2 is 2.19 bits per heavy atom. The Balaban J connectivity index is 3.30. The number of carboxylic acids is 1. The maximum atomic E-state index is 10.6. The minimum atomic E-state index is -1.05. The Hall–Kier alpha value is -2.24. The van der Waals surface area contributed by atoms with Crippen LogP contribution in [0.1, 0.15) is 21.5 Å². The van der Waals surface area contributed by atoms with E-state index in [9.17, 15) is 19.7 Å². The van der Waals surface area contributed by atoms with Crippen LogP contribution in [-0.2, 0) is 11.2 Å². The Labute approximate surface area is 90.7 Å².